The summed E-state index contributed by atoms with van der Waals surface area (Å²) >= 11 is 0. The van der Waals surface area contributed by atoms with Gasteiger partial charge in [-0.1, -0.05) is 19.9 Å². The van der Waals surface area contributed by atoms with Crippen LogP contribution in [0.1, 0.15) is 25.8 Å². The number of benzene rings is 1. The lowest BCUT2D eigenvalue weighted by Crippen LogP contribution is -2.11. The Morgan fingerprint density at radius 1 is 1.31 bits per heavy atom. The molecule has 2 N–H and O–H groups in total. The summed E-state index contributed by atoms with van der Waals surface area (Å²) in [5.41, 5.74) is 6.96. The van der Waals surface area contributed by atoms with Crippen molar-refractivity contribution in [1.82, 2.24) is 0 Å². The Balaban J connectivity index is 3.02. The molecule has 0 bridgehead atoms. The minimum Gasteiger partial charge on any atom is -0.398 e. The molecular weight excluding hydrogens is 222 g/mol. The zero-order valence-corrected chi connectivity index (χ0v) is 10.8. The third kappa shape index (κ3) is 3.23. The fourth-order valence-electron chi connectivity index (χ4n) is 1.41. The van der Waals surface area contributed by atoms with Crippen LogP contribution in [0.15, 0.2) is 23.1 Å². The van der Waals surface area contributed by atoms with Crippen molar-refractivity contribution >= 4 is 15.5 Å². The van der Waals surface area contributed by atoms with Crippen molar-refractivity contribution in [3.8, 4) is 0 Å². The first-order valence-electron chi connectivity index (χ1n) is 5.42. The highest BCUT2D eigenvalue weighted by molar-refractivity contribution is 7.91. The molecule has 90 valence electrons. The van der Waals surface area contributed by atoms with Crippen LogP contribution in [0.2, 0.25) is 0 Å². The SMILES string of the molecule is Cc1ccc(N)c(S(=O)(=O)CCC(C)C)c1. The number of aryl methyl sites for hydroxylation is 1. The van der Waals surface area contributed by atoms with E-state index in [9.17, 15) is 8.42 Å². The molecule has 1 aromatic carbocycles. The third-order valence-corrected chi connectivity index (χ3v) is 4.26. The highest BCUT2D eigenvalue weighted by Crippen LogP contribution is 2.22. The normalized spacial score (nSPS) is 12.0. The molecule has 0 radical (unpaired) electrons. The molecule has 16 heavy (non-hydrogen) atoms. The number of hydrogen-bond acceptors (Lipinski definition) is 3. The van der Waals surface area contributed by atoms with Gasteiger partial charge in [0.2, 0.25) is 0 Å². The van der Waals surface area contributed by atoms with Gasteiger partial charge < -0.3 is 5.73 Å². The zero-order chi connectivity index (χ0) is 12.3. The lowest BCUT2D eigenvalue weighted by Gasteiger charge is -2.09. The summed E-state index contributed by atoms with van der Waals surface area (Å²) < 4.78 is 24.1. The van der Waals surface area contributed by atoms with Gasteiger partial charge in [-0.05, 0) is 37.0 Å². The minimum atomic E-state index is -3.23. The summed E-state index contributed by atoms with van der Waals surface area (Å²) in [6.07, 6.45) is 0.662. The second-order valence-corrected chi connectivity index (χ2v) is 6.62. The Kier molecular flexibility index (Phi) is 3.97. The van der Waals surface area contributed by atoms with Gasteiger partial charge in [-0.15, -0.1) is 0 Å². The lowest BCUT2D eigenvalue weighted by atomic mass is 10.2. The number of nitrogens with two attached hydrogens (primary N) is 1. The van der Waals surface area contributed by atoms with E-state index in [1.807, 2.05) is 26.8 Å². The summed E-state index contributed by atoms with van der Waals surface area (Å²) in [7, 11) is -3.23. The topological polar surface area (TPSA) is 60.2 Å². The number of anilines is 1. The van der Waals surface area contributed by atoms with E-state index in [0.717, 1.165) is 5.56 Å². The van der Waals surface area contributed by atoms with Crippen molar-refractivity contribution < 1.29 is 8.42 Å². The van der Waals surface area contributed by atoms with E-state index in [0.29, 0.717) is 18.0 Å². The molecule has 0 aromatic heterocycles. The van der Waals surface area contributed by atoms with Crippen molar-refractivity contribution in [3.05, 3.63) is 23.8 Å². The summed E-state index contributed by atoms with van der Waals surface area (Å²) in [6.45, 7) is 5.88. The second-order valence-electron chi connectivity index (χ2n) is 4.54. The molecule has 0 spiro atoms. The van der Waals surface area contributed by atoms with Crippen molar-refractivity contribution in [3.63, 3.8) is 0 Å². The minimum absolute atomic E-state index is 0.165. The van der Waals surface area contributed by atoms with Crippen LogP contribution in [0, 0.1) is 12.8 Å². The van der Waals surface area contributed by atoms with E-state index in [1.165, 1.54) is 0 Å². The fraction of sp³-hybridized carbons (Fsp3) is 0.500. The molecule has 0 amide bonds. The molecule has 0 saturated carbocycles. The third-order valence-electron chi connectivity index (χ3n) is 2.47. The second kappa shape index (κ2) is 4.87. The first-order valence-corrected chi connectivity index (χ1v) is 7.07. The number of hydrogen-bond donors (Lipinski definition) is 1. The molecule has 0 unspecified atom stereocenters. The Bertz CT molecular complexity index is 464. The molecule has 4 heteroatoms. The largest absolute Gasteiger partial charge is 0.398 e. The average molecular weight is 241 g/mol. The van der Waals surface area contributed by atoms with Crippen LogP contribution < -0.4 is 5.73 Å². The molecule has 0 heterocycles. The van der Waals surface area contributed by atoms with Crippen molar-refractivity contribution in [2.75, 3.05) is 11.5 Å². The molecular formula is C12H19NO2S. The summed E-state index contributed by atoms with van der Waals surface area (Å²) in [6, 6.07) is 5.11. The molecule has 0 atom stereocenters. The van der Waals surface area contributed by atoms with Gasteiger partial charge in [-0.3, -0.25) is 0 Å². The molecule has 3 nitrogen and oxygen atoms in total. The lowest BCUT2D eigenvalue weighted by molar-refractivity contribution is 0.574. The van der Waals surface area contributed by atoms with E-state index in [4.69, 9.17) is 5.73 Å². The van der Waals surface area contributed by atoms with Crippen molar-refractivity contribution in [2.24, 2.45) is 5.92 Å². The average Bonchev–Trinajstić information content (AvgIpc) is 2.19. The van der Waals surface area contributed by atoms with Crippen LogP contribution in [0.5, 0.6) is 0 Å². The summed E-state index contributed by atoms with van der Waals surface area (Å²) in [4.78, 5) is 0.271. The maximum atomic E-state index is 12.0. The van der Waals surface area contributed by atoms with Crippen LogP contribution in [0.3, 0.4) is 0 Å². The molecule has 1 rings (SSSR count). The van der Waals surface area contributed by atoms with Crippen LogP contribution in [-0.4, -0.2) is 14.2 Å². The summed E-state index contributed by atoms with van der Waals surface area (Å²) in [5, 5.41) is 0. The number of rotatable bonds is 4. The summed E-state index contributed by atoms with van der Waals surface area (Å²) in [5.74, 6) is 0.541. The van der Waals surface area contributed by atoms with Gasteiger partial charge in [0.05, 0.1) is 16.3 Å². The quantitative estimate of drug-likeness (QED) is 0.823. The van der Waals surface area contributed by atoms with E-state index in [2.05, 4.69) is 0 Å². The first kappa shape index (κ1) is 13.0. The van der Waals surface area contributed by atoms with E-state index in [-0.39, 0.29) is 10.6 Å². The number of sulfone groups is 1. The molecule has 0 fully saturated rings. The Hall–Kier alpha value is -1.03. The van der Waals surface area contributed by atoms with Gasteiger partial charge in [0.15, 0.2) is 9.84 Å². The highest BCUT2D eigenvalue weighted by atomic mass is 32.2. The van der Waals surface area contributed by atoms with Crippen LogP contribution in [-0.2, 0) is 9.84 Å². The highest BCUT2D eigenvalue weighted by Gasteiger charge is 2.17. The predicted octanol–water partition coefficient (Wildman–Crippen LogP) is 2.40. The fourth-order valence-corrected chi connectivity index (χ4v) is 3.21. The predicted molar refractivity (Wildman–Crippen MR) is 67.1 cm³/mol. The van der Waals surface area contributed by atoms with E-state index in [1.54, 1.807) is 12.1 Å². The molecule has 0 aliphatic heterocycles. The molecule has 0 aliphatic rings. The molecule has 0 aliphatic carbocycles. The van der Waals surface area contributed by atoms with Gasteiger partial charge in [-0.2, -0.15) is 0 Å². The van der Waals surface area contributed by atoms with Crippen LogP contribution >= 0.6 is 0 Å². The van der Waals surface area contributed by atoms with Crippen LogP contribution in [0.4, 0.5) is 5.69 Å². The van der Waals surface area contributed by atoms with Gasteiger partial charge >= 0.3 is 0 Å². The number of nitrogen functional groups attached to an aromatic ring is 1. The van der Waals surface area contributed by atoms with Crippen molar-refractivity contribution in [1.29, 1.82) is 0 Å². The van der Waals surface area contributed by atoms with Gasteiger partial charge in [-0.25, -0.2) is 8.42 Å². The standard InChI is InChI=1S/C12H19NO2S/c1-9(2)6-7-16(14,15)12-8-10(3)4-5-11(12)13/h4-5,8-9H,6-7,13H2,1-3H3. The van der Waals surface area contributed by atoms with Crippen molar-refractivity contribution in [2.45, 2.75) is 32.1 Å². The Morgan fingerprint density at radius 3 is 2.50 bits per heavy atom. The zero-order valence-electron chi connectivity index (χ0n) is 10.0. The van der Waals surface area contributed by atoms with Gasteiger partial charge in [0.25, 0.3) is 0 Å². The van der Waals surface area contributed by atoms with Gasteiger partial charge in [0, 0.05) is 0 Å². The maximum Gasteiger partial charge on any atom is 0.180 e. The van der Waals surface area contributed by atoms with E-state index >= 15 is 0 Å². The van der Waals surface area contributed by atoms with E-state index < -0.39 is 9.84 Å². The maximum absolute atomic E-state index is 12.0. The Morgan fingerprint density at radius 2 is 1.94 bits per heavy atom. The van der Waals surface area contributed by atoms with Crippen LogP contribution in [0.25, 0.3) is 0 Å². The molecule has 1 aromatic rings. The monoisotopic (exact) mass is 241 g/mol. The first-order chi connectivity index (χ1) is 7.33. The smallest absolute Gasteiger partial charge is 0.180 e. The molecule has 0 saturated heterocycles. The Labute approximate surface area is 97.6 Å². The van der Waals surface area contributed by atoms with Gasteiger partial charge in [0.1, 0.15) is 0 Å².